The van der Waals surface area contributed by atoms with E-state index in [2.05, 4.69) is 6.07 Å². The van der Waals surface area contributed by atoms with Crippen LogP contribution < -0.4 is 0 Å². The van der Waals surface area contributed by atoms with Gasteiger partial charge < -0.3 is 5.11 Å². The number of nitriles is 1. The Balaban J connectivity index is 2.78. The van der Waals surface area contributed by atoms with E-state index in [4.69, 9.17) is 5.26 Å². The van der Waals surface area contributed by atoms with Gasteiger partial charge >= 0.3 is 0 Å². The van der Waals surface area contributed by atoms with Gasteiger partial charge in [0.2, 0.25) is 0 Å². The Morgan fingerprint density at radius 2 is 2.29 bits per heavy atom. The summed E-state index contributed by atoms with van der Waals surface area (Å²) in [6, 6.07) is 6.10. The summed E-state index contributed by atoms with van der Waals surface area (Å²) < 4.78 is 1.05. The molecular weight excluding hydrogens is 194 g/mol. The zero-order chi connectivity index (χ0) is 10.1. The average Bonchev–Trinajstić information content (AvgIpc) is 2.48. The van der Waals surface area contributed by atoms with Crippen molar-refractivity contribution in [2.24, 2.45) is 0 Å². The minimum Gasteiger partial charge on any atom is -0.506 e. The summed E-state index contributed by atoms with van der Waals surface area (Å²) in [7, 11) is 0. The number of benzene rings is 1. The number of aryl methyl sites for hydroxylation is 1. The predicted octanol–water partition coefficient (Wildman–Crippen LogP) is 2.98. The van der Waals surface area contributed by atoms with Crippen LogP contribution in [-0.2, 0) is 6.42 Å². The summed E-state index contributed by atoms with van der Waals surface area (Å²) in [5, 5.41) is 20.8. The Hall–Kier alpha value is -1.53. The quantitative estimate of drug-likeness (QED) is 0.774. The van der Waals surface area contributed by atoms with Gasteiger partial charge in [0.15, 0.2) is 0 Å². The van der Waals surface area contributed by atoms with E-state index in [0.717, 1.165) is 21.2 Å². The molecule has 0 unspecified atom stereocenters. The Labute approximate surface area is 86.0 Å². The molecule has 0 radical (unpaired) electrons. The van der Waals surface area contributed by atoms with Gasteiger partial charge in [-0.3, -0.25) is 0 Å². The second-order valence-electron chi connectivity index (χ2n) is 3.25. The predicted molar refractivity (Wildman–Crippen MR) is 57.5 cm³/mol. The molecule has 3 heteroatoms. The van der Waals surface area contributed by atoms with E-state index in [0.29, 0.717) is 6.42 Å². The van der Waals surface area contributed by atoms with E-state index in [1.165, 1.54) is 11.3 Å². The highest BCUT2D eigenvalue weighted by Gasteiger charge is 2.08. The molecule has 1 heterocycles. The van der Waals surface area contributed by atoms with Crippen LogP contribution in [0, 0.1) is 18.3 Å². The fourth-order valence-electron chi connectivity index (χ4n) is 1.61. The van der Waals surface area contributed by atoms with Crippen molar-refractivity contribution in [3.05, 3.63) is 28.6 Å². The summed E-state index contributed by atoms with van der Waals surface area (Å²) in [6.45, 7) is 2.00. The van der Waals surface area contributed by atoms with Crippen molar-refractivity contribution < 1.29 is 5.11 Å². The third-order valence-electron chi connectivity index (χ3n) is 2.15. The number of aromatic hydroxyl groups is 1. The van der Waals surface area contributed by atoms with Crippen LogP contribution in [0.1, 0.15) is 11.1 Å². The highest BCUT2D eigenvalue weighted by molar-refractivity contribution is 7.17. The Morgan fingerprint density at radius 1 is 1.50 bits per heavy atom. The molecule has 0 spiro atoms. The van der Waals surface area contributed by atoms with Gasteiger partial charge in [-0.2, -0.15) is 5.26 Å². The third-order valence-corrected chi connectivity index (χ3v) is 3.07. The molecule has 0 bridgehead atoms. The van der Waals surface area contributed by atoms with Crippen molar-refractivity contribution in [3.63, 3.8) is 0 Å². The molecule has 2 nitrogen and oxygen atoms in total. The Bertz CT molecular complexity index is 522. The van der Waals surface area contributed by atoms with Crippen molar-refractivity contribution in [2.75, 3.05) is 0 Å². The van der Waals surface area contributed by atoms with Gasteiger partial charge in [-0.1, -0.05) is 6.07 Å². The van der Waals surface area contributed by atoms with Crippen molar-refractivity contribution >= 4 is 21.4 Å². The SMILES string of the molecule is Cc1cc(CC#N)c2c(O)csc2c1. The second-order valence-corrected chi connectivity index (χ2v) is 4.16. The number of rotatable bonds is 1. The van der Waals surface area contributed by atoms with Crippen LogP contribution in [0.4, 0.5) is 0 Å². The van der Waals surface area contributed by atoms with E-state index in [1.54, 1.807) is 5.38 Å². The van der Waals surface area contributed by atoms with Crippen LogP contribution in [0.15, 0.2) is 17.5 Å². The monoisotopic (exact) mass is 203 g/mol. The van der Waals surface area contributed by atoms with Gasteiger partial charge in [0, 0.05) is 15.5 Å². The van der Waals surface area contributed by atoms with E-state index in [9.17, 15) is 5.11 Å². The van der Waals surface area contributed by atoms with Gasteiger partial charge in [-0.05, 0) is 24.1 Å². The highest BCUT2D eigenvalue weighted by Crippen LogP contribution is 2.34. The van der Waals surface area contributed by atoms with Gasteiger partial charge in [0.25, 0.3) is 0 Å². The molecule has 1 aromatic carbocycles. The van der Waals surface area contributed by atoms with Crippen molar-refractivity contribution in [1.29, 1.82) is 5.26 Å². The standard InChI is InChI=1S/C11H9NOS/c1-7-4-8(2-3-12)11-9(13)6-14-10(11)5-7/h4-6,13H,2H2,1H3. The minimum atomic E-state index is 0.287. The lowest BCUT2D eigenvalue weighted by atomic mass is 10.0. The number of hydrogen-bond donors (Lipinski definition) is 1. The largest absolute Gasteiger partial charge is 0.506 e. The number of thiophene rings is 1. The molecule has 0 fully saturated rings. The average molecular weight is 203 g/mol. The lowest BCUT2D eigenvalue weighted by molar-refractivity contribution is 0.483. The normalized spacial score (nSPS) is 10.3. The van der Waals surface area contributed by atoms with E-state index < -0.39 is 0 Å². The molecule has 0 atom stereocenters. The maximum atomic E-state index is 9.61. The first-order chi connectivity index (χ1) is 6.72. The molecule has 0 aliphatic rings. The fourth-order valence-corrected chi connectivity index (χ4v) is 2.58. The second kappa shape index (κ2) is 3.32. The lowest BCUT2D eigenvalue weighted by Gasteiger charge is -2.01. The fraction of sp³-hybridized carbons (Fsp3) is 0.182. The van der Waals surface area contributed by atoms with Crippen molar-refractivity contribution in [2.45, 2.75) is 13.3 Å². The number of nitrogens with zero attached hydrogens (tertiary/aromatic N) is 1. The summed E-state index contributed by atoms with van der Waals surface area (Å²) in [5.41, 5.74) is 2.05. The molecule has 0 aliphatic carbocycles. The van der Waals surface area contributed by atoms with Gasteiger partial charge in [-0.15, -0.1) is 11.3 Å². The minimum absolute atomic E-state index is 0.287. The van der Waals surface area contributed by atoms with Crippen LogP contribution in [0.2, 0.25) is 0 Å². The van der Waals surface area contributed by atoms with E-state index in [-0.39, 0.29) is 5.75 Å². The van der Waals surface area contributed by atoms with Crippen LogP contribution >= 0.6 is 11.3 Å². The van der Waals surface area contributed by atoms with Crippen molar-refractivity contribution in [3.8, 4) is 11.8 Å². The van der Waals surface area contributed by atoms with E-state index in [1.807, 2.05) is 19.1 Å². The highest BCUT2D eigenvalue weighted by atomic mass is 32.1. The molecular formula is C11H9NOS. The first-order valence-electron chi connectivity index (χ1n) is 4.29. The Morgan fingerprint density at radius 3 is 3.00 bits per heavy atom. The van der Waals surface area contributed by atoms with Crippen LogP contribution in [-0.4, -0.2) is 5.11 Å². The lowest BCUT2D eigenvalue weighted by Crippen LogP contribution is -1.84. The maximum absolute atomic E-state index is 9.61. The zero-order valence-electron chi connectivity index (χ0n) is 7.74. The van der Waals surface area contributed by atoms with Gasteiger partial charge in [0.1, 0.15) is 5.75 Å². The smallest absolute Gasteiger partial charge is 0.134 e. The molecule has 0 saturated heterocycles. The number of hydrogen-bond acceptors (Lipinski definition) is 3. The summed E-state index contributed by atoms with van der Waals surface area (Å²) in [5.74, 6) is 0.287. The van der Waals surface area contributed by atoms with E-state index >= 15 is 0 Å². The molecule has 0 aliphatic heterocycles. The zero-order valence-corrected chi connectivity index (χ0v) is 8.56. The molecule has 2 rings (SSSR count). The van der Waals surface area contributed by atoms with Crippen LogP contribution in [0.3, 0.4) is 0 Å². The van der Waals surface area contributed by atoms with Crippen LogP contribution in [0.5, 0.6) is 5.75 Å². The topological polar surface area (TPSA) is 44.0 Å². The molecule has 1 N–H and O–H groups in total. The molecule has 0 saturated carbocycles. The van der Waals surface area contributed by atoms with Gasteiger partial charge in [0.05, 0.1) is 12.5 Å². The van der Waals surface area contributed by atoms with Crippen molar-refractivity contribution in [1.82, 2.24) is 0 Å². The third kappa shape index (κ3) is 1.34. The van der Waals surface area contributed by atoms with Gasteiger partial charge in [-0.25, -0.2) is 0 Å². The Kier molecular flexibility index (Phi) is 2.14. The first kappa shape index (κ1) is 9.04. The molecule has 2 aromatic rings. The van der Waals surface area contributed by atoms with Crippen LogP contribution in [0.25, 0.3) is 10.1 Å². The molecule has 0 amide bonds. The summed E-state index contributed by atoms with van der Waals surface area (Å²) >= 11 is 1.51. The summed E-state index contributed by atoms with van der Waals surface area (Å²) in [6.07, 6.45) is 0.350. The number of fused-ring (bicyclic) bond motifs is 1. The summed E-state index contributed by atoms with van der Waals surface area (Å²) in [4.78, 5) is 0. The molecule has 70 valence electrons. The maximum Gasteiger partial charge on any atom is 0.134 e. The molecule has 14 heavy (non-hydrogen) atoms. The molecule has 1 aromatic heterocycles. The first-order valence-corrected chi connectivity index (χ1v) is 5.17.